The van der Waals surface area contributed by atoms with Crippen molar-refractivity contribution < 1.29 is 14.3 Å². The first-order chi connectivity index (χ1) is 9.06. The molecule has 0 spiro atoms. The van der Waals surface area contributed by atoms with E-state index in [9.17, 15) is 4.79 Å². The number of hydrogen-bond donors (Lipinski definition) is 3. The van der Waals surface area contributed by atoms with Gasteiger partial charge in [-0.3, -0.25) is 15.6 Å². The second kappa shape index (κ2) is 7.42. The van der Waals surface area contributed by atoms with Crippen molar-refractivity contribution in [2.75, 3.05) is 13.7 Å². The quantitative estimate of drug-likeness (QED) is 0.539. The topological polar surface area (TPSA) is 85.6 Å². The van der Waals surface area contributed by atoms with Gasteiger partial charge in [0.25, 0.3) is 0 Å². The van der Waals surface area contributed by atoms with Crippen LogP contribution in [0.15, 0.2) is 18.2 Å². The van der Waals surface area contributed by atoms with Crippen LogP contribution in [0.1, 0.15) is 12.5 Å². The van der Waals surface area contributed by atoms with E-state index in [4.69, 9.17) is 15.2 Å². The molecule has 0 aliphatic heterocycles. The van der Waals surface area contributed by atoms with Gasteiger partial charge in [-0.1, -0.05) is 0 Å². The highest BCUT2D eigenvalue weighted by atomic mass is 32.1. The highest BCUT2D eigenvalue weighted by molar-refractivity contribution is 7.80. The molecule has 4 N–H and O–H groups in total. The van der Waals surface area contributed by atoms with Crippen LogP contribution in [0.3, 0.4) is 0 Å². The zero-order valence-corrected chi connectivity index (χ0v) is 11.7. The van der Waals surface area contributed by atoms with Crippen molar-refractivity contribution in [2.45, 2.75) is 13.3 Å². The maximum absolute atomic E-state index is 11.7. The van der Waals surface area contributed by atoms with Gasteiger partial charge in [0, 0.05) is 5.56 Å². The summed E-state index contributed by atoms with van der Waals surface area (Å²) in [5.41, 5.74) is 10.7. The fraction of sp³-hybridized carbons (Fsp3) is 0.333. The summed E-state index contributed by atoms with van der Waals surface area (Å²) >= 11 is 4.59. The summed E-state index contributed by atoms with van der Waals surface area (Å²) in [4.78, 5) is 11.7. The number of nitrogens with two attached hydrogens (primary N) is 1. The van der Waals surface area contributed by atoms with Crippen LogP contribution in [0.5, 0.6) is 11.5 Å². The molecule has 6 nitrogen and oxygen atoms in total. The zero-order chi connectivity index (χ0) is 14.3. The summed E-state index contributed by atoms with van der Waals surface area (Å²) in [6.07, 6.45) is 0.127. The minimum atomic E-state index is -0.276. The average Bonchev–Trinajstić information content (AvgIpc) is 2.38. The van der Waals surface area contributed by atoms with E-state index in [2.05, 4.69) is 23.1 Å². The number of methoxy groups -OCH3 is 1. The minimum absolute atomic E-state index is 0.00373. The molecule has 0 saturated heterocycles. The Balaban J connectivity index is 2.78. The Morgan fingerprint density at radius 3 is 2.74 bits per heavy atom. The van der Waals surface area contributed by atoms with E-state index in [1.807, 2.05) is 6.92 Å². The predicted molar refractivity (Wildman–Crippen MR) is 75.9 cm³/mol. The SMILES string of the molecule is CCOc1ccc(OC)cc1CC(=O)NNC(N)=S. The van der Waals surface area contributed by atoms with Crippen LogP contribution in [0.2, 0.25) is 0 Å². The van der Waals surface area contributed by atoms with Gasteiger partial charge >= 0.3 is 0 Å². The van der Waals surface area contributed by atoms with Crippen molar-refractivity contribution in [3.63, 3.8) is 0 Å². The molecule has 1 rings (SSSR count). The molecule has 0 aliphatic carbocycles. The molecular weight excluding hydrogens is 266 g/mol. The molecule has 1 amide bonds. The Labute approximate surface area is 117 Å². The molecular formula is C12H17N3O3S. The number of hydrazine groups is 1. The van der Waals surface area contributed by atoms with Gasteiger partial charge in [0.2, 0.25) is 5.91 Å². The van der Waals surface area contributed by atoms with Crippen molar-refractivity contribution in [3.05, 3.63) is 23.8 Å². The Kier molecular flexibility index (Phi) is 5.87. The van der Waals surface area contributed by atoms with Gasteiger partial charge in [-0.2, -0.15) is 0 Å². The zero-order valence-electron chi connectivity index (χ0n) is 10.9. The lowest BCUT2D eigenvalue weighted by molar-refractivity contribution is -0.121. The van der Waals surface area contributed by atoms with Crippen LogP contribution < -0.4 is 26.1 Å². The monoisotopic (exact) mass is 283 g/mol. The molecule has 0 aromatic heterocycles. The van der Waals surface area contributed by atoms with Gasteiger partial charge in [0.05, 0.1) is 20.1 Å². The number of ether oxygens (including phenoxy) is 2. The van der Waals surface area contributed by atoms with Crippen LogP contribution in [0.25, 0.3) is 0 Å². The smallest absolute Gasteiger partial charge is 0.242 e. The average molecular weight is 283 g/mol. The number of carbonyl (C=O) groups excluding carboxylic acids is 1. The Bertz CT molecular complexity index is 466. The Morgan fingerprint density at radius 1 is 1.42 bits per heavy atom. The molecule has 0 fully saturated rings. The maximum Gasteiger partial charge on any atom is 0.242 e. The standard InChI is InChI=1S/C12H17N3O3S/c1-3-18-10-5-4-9(17-2)6-8(10)7-11(16)14-15-12(13)19/h4-6H,3,7H2,1-2H3,(H,14,16)(H3,13,15,19). The molecule has 0 aliphatic rings. The molecule has 0 heterocycles. The fourth-order valence-corrected chi connectivity index (χ4v) is 1.52. The molecule has 7 heteroatoms. The van der Waals surface area contributed by atoms with Crippen LogP contribution in [0, 0.1) is 0 Å². The molecule has 1 aromatic rings. The summed E-state index contributed by atoms with van der Waals surface area (Å²) in [7, 11) is 1.56. The van der Waals surface area contributed by atoms with Crippen molar-refractivity contribution in [1.82, 2.24) is 10.9 Å². The van der Waals surface area contributed by atoms with E-state index < -0.39 is 0 Å². The van der Waals surface area contributed by atoms with Gasteiger partial charge in [-0.05, 0) is 37.3 Å². The second-order valence-corrected chi connectivity index (χ2v) is 4.06. The van der Waals surface area contributed by atoms with Crippen LogP contribution in [-0.4, -0.2) is 24.7 Å². The largest absolute Gasteiger partial charge is 0.497 e. The number of amides is 1. The van der Waals surface area contributed by atoms with Crippen molar-refractivity contribution >= 4 is 23.2 Å². The number of nitrogens with one attached hydrogen (secondary N) is 2. The van der Waals surface area contributed by atoms with Crippen molar-refractivity contribution in [1.29, 1.82) is 0 Å². The second-order valence-electron chi connectivity index (χ2n) is 3.62. The third kappa shape index (κ3) is 5.01. The van der Waals surface area contributed by atoms with Gasteiger partial charge in [0.15, 0.2) is 5.11 Å². The first kappa shape index (κ1) is 15.0. The molecule has 19 heavy (non-hydrogen) atoms. The lowest BCUT2D eigenvalue weighted by atomic mass is 10.1. The number of carbonyl (C=O) groups is 1. The van der Waals surface area contributed by atoms with E-state index in [1.165, 1.54) is 0 Å². The number of thiocarbonyl (C=S) groups is 1. The summed E-state index contributed by atoms with van der Waals surface area (Å²) in [6.45, 7) is 2.40. The normalized spacial score (nSPS) is 9.58. The van der Waals surface area contributed by atoms with Crippen LogP contribution in [-0.2, 0) is 11.2 Å². The van der Waals surface area contributed by atoms with Gasteiger partial charge in [-0.25, -0.2) is 0 Å². The van der Waals surface area contributed by atoms with Crippen LogP contribution >= 0.6 is 12.2 Å². The number of hydrogen-bond acceptors (Lipinski definition) is 4. The highest BCUT2D eigenvalue weighted by Crippen LogP contribution is 2.24. The molecule has 0 saturated carbocycles. The molecule has 0 atom stereocenters. The third-order valence-corrected chi connectivity index (χ3v) is 2.35. The summed E-state index contributed by atoms with van der Waals surface area (Å²) < 4.78 is 10.6. The van der Waals surface area contributed by atoms with Crippen molar-refractivity contribution in [3.8, 4) is 11.5 Å². The number of benzene rings is 1. The highest BCUT2D eigenvalue weighted by Gasteiger charge is 2.10. The van der Waals surface area contributed by atoms with E-state index in [0.717, 1.165) is 5.56 Å². The molecule has 104 valence electrons. The molecule has 0 bridgehead atoms. The number of rotatable bonds is 5. The molecule has 1 aromatic carbocycles. The van der Waals surface area contributed by atoms with E-state index >= 15 is 0 Å². The summed E-state index contributed by atoms with van der Waals surface area (Å²) in [5, 5.41) is 0.00373. The molecule has 0 unspecified atom stereocenters. The maximum atomic E-state index is 11.7. The lowest BCUT2D eigenvalue weighted by Crippen LogP contribution is -2.44. The van der Waals surface area contributed by atoms with E-state index in [-0.39, 0.29) is 17.4 Å². The molecule has 0 radical (unpaired) electrons. The van der Waals surface area contributed by atoms with E-state index in [0.29, 0.717) is 18.1 Å². The summed E-state index contributed by atoms with van der Waals surface area (Å²) in [5.74, 6) is 1.03. The van der Waals surface area contributed by atoms with Gasteiger partial charge < -0.3 is 15.2 Å². The lowest BCUT2D eigenvalue weighted by Gasteiger charge is -2.12. The predicted octanol–water partition coefficient (Wildman–Crippen LogP) is 0.501. The van der Waals surface area contributed by atoms with Crippen molar-refractivity contribution in [2.24, 2.45) is 5.73 Å². The fourth-order valence-electron chi connectivity index (χ4n) is 1.47. The summed E-state index contributed by atoms with van der Waals surface area (Å²) in [6, 6.07) is 5.30. The first-order valence-electron chi connectivity index (χ1n) is 5.70. The first-order valence-corrected chi connectivity index (χ1v) is 6.11. The minimum Gasteiger partial charge on any atom is -0.497 e. The third-order valence-electron chi connectivity index (χ3n) is 2.24. The van der Waals surface area contributed by atoms with Gasteiger partial charge in [0.1, 0.15) is 11.5 Å². The Morgan fingerprint density at radius 2 is 2.16 bits per heavy atom. The Hall–Kier alpha value is -2.02. The van der Waals surface area contributed by atoms with Gasteiger partial charge in [-0.15, -0.1) is 0 Å². The van der Waals surface area contributed by atoms with Crippen LogP contribution in [0.4, 0.5) is 0 Å². The van der Waals surface area contributed by atoms with E-state index in [1.54, 1.807) is 25.3 Å².